The number of benzene rings is 1. The van der Waals surface area contributed by atoms with E-state index in [9.17, 15) is 4.39 Å². The van der Waals surface area contributed by atoms with Crippen molar-refractivity contribution in [2.24, 2.45) is 0 Å². The van der Waals surface area contributed by atoms with Gasteiger partial charge in [0.2, 0.25) is 0 Å². The number of rotatable bonds is 9. The van der Waals surface area contributed by atoms with Gasteiger partial charge in [-0.05, 0) is 24.3 Å². The highest BCUT2D eigenvalue weighted by molar-refractivity contribution is 7.18. The molecule has 4 heterocycles. The maximum atomic E-state index is 13.0. The Morgan fingerprint density at radius 3 is 2.75 bits per heavy atom. The molecule has 0 saturated carbocycles. The second-order valence-corrected chi connectivity index (χ2v) is 8.32. The van der Waals surface area contributed by atoms with Crippen molar-refractivity contribution in [2.75, 3.05) is 18.4 Å². The summed E-state index contributed by atoms with van der Waals surface area (Å²) in [5, 5.41) is 7.68. The van der Waals surface area contributed by atoms with Crippen LogP contribution in [0.5, 0.6) is 0 Å². The van der Waals surface area contributed by atoms with Crippen LogP contribution in [-0.2, 0) is 19.4 Å². The Hall–Kier alpha value is -3.50. The van der Waals surface area contributed by atoms with Crippen molar-refractivity contribution in [1.82, 2.24) is 35.2 Å². The van der Waals surface area contributed by atoms with Crippen molar-refractivity contribution in [2.45, 2.75) is 19.4 Å². The van der Waals surface area contributed by atoms with Crippen molar-refractivity contribution in [3.8, 4) is 0 Å². The fourth-order valence-corrected chi connectivity index (χ4v) is 4.27. The highest BCUT2D eigenvalue weighted by atomic mass is 32.1. The first-order valence-electron chi connectivity index (χ1n) is 10.3. The van der Waals surface area contributed by atoms with Crippen molar-refractivity contribution in [1.29, 1.82) is 0 Å². The molecule has 0 atom stereocenters. The zero-order valence-corrected chi connectivity index (χ0v) is 18.0. The number of thiazole rings is 1. The summed E-state index contributed by atoms with van der Waals surface area (Å²) in [4.78, 5) is 26.2. The van der Waals surface area contributed by atoms with Gasteiger partial charge in [-0.2, -0.15) is 0 Å². The molecule has 32 heavy (non-hydrogen) atoms. The molecule has 3 N–H and O–H groups in total. The number of para-hydroxylation sites is 2. The van der Waals surface area contributed by atoms with Gasteiger partial charge >= 0.3 is 0 Å². The first-order valence-corrected chi connectivity index (χ1v) is 11.2. The average Bonchev–Trinajstić information content (AvgIpc) is 3.42. The molecule has 0 bridgehead atoms. The molecule has 0 radical (unpaired) electrons. The third kappa shape index (κ3) is 4.71. The minimum absolute atomic E-state index is 0.353. The standard InChI is InChI=1S/C22H21FN8S/c23-14-5-6-15(25-11-14)12-26-21-20-22(28-13-27-21)32-19(31-20)8-10-24-9-7-18-29-16-3-1-2-4-17(16)30-18/h1-6,11,13,24H,7-10,12H2,(H,29,30)(H,26,27,28). The monoisotopic (exact) mass is 448 g/mol. The number of nitrogens with one attached hydrogen (secondary N) is 3. The Bertz CT molecular complexity index is 1300. The van der Waals surface area contributed by atoms with E-state index in [1.54, 1.807) is 17.4 Å². The van der Waals surface area contributed by atoms with Crippen molar-refractivity contribution < 1.29 is 4.39 Å². The summed E-state index contributed by atoms with van der Waals surface area (Å²) < 4.78 is 13.0. The molecule has 0 aliphatic heterocycles. The van der Waals surface area contributed by atoms with Crippen LogP contribution in [0.2, 0.25) is 0 Å². The lowest BCUT2D eigenvalue weighted by Crippen LogP contribution is -2.20. The lowest BCUT2D eigenvalue weighted by Gasteiger charge is -2.05. The second-order valence-electron chi connectivity index (χ2n) is 7.26. The number of anilines is 1. The van der Waals surface area contributed by atoms with E-state index in [2.05, 4.69) is 35.6 Å². The first-order chi connectivity index (χ1) is 15.7. The summed E-state index contributed by atoms with van der Waals surface area (Å²) in [6, 6.07) is 11.1. The number of aromatic amines is 1. The Morgan fingerprint density at radius 2 is 1.88 bits per heavy atom. The van der Waals surface area contributed by atoms with Gasteiger partial charge in [-0.1, -0.05) is 23.5 Å². The Kier molecular flexibility index (Phi) is 5.95. The number of imidazole rings is 1. The lowest BCUT2D eigenvalue weighted by molar-refractivity contribution is 0.619. The van der Waals surface area contributed by atoms with Crippen LogP contribution in [0.4, 0.5) is 10.2 Å². The zero-order chi connectivity index (χ0) is 21.8. The molecule has 0 aliphatic rings. The summed E-state index contributed by atoms with van der Waals surface area (Å²) in [7, 11) is 0. The topological polar surface area (TPSA) is 104 Å². The van der Waals surface area contributed by atoms with Crippen LogP contribution in [0, 0.1) is 5.82 Å². The predicted octanol–water partition coefficient (Wildman–Crippen LogP) is 3.48. The molecule has 5 rings (SSSR count). The van der Waals surface area contributed by atoms with E-state index in [4.69, 9.17) is 4.98 Å². The normalized spacial score (nSPS) is 11.4. The van der Waals surface area contributed by atoms with E-state index < -0.39 is 0 Å². The number of pyridine rings is 1. The molecule has 0 fully saturated rings. The number of fused-ring (bicyclic) bond motifs is 2. The molecule has 0 aliphatic carbocycles. The molecule has 0 amide bonds. The number of halogens is 1. The molecule has 0 unspecified atom stereocenters. The van der Waals surface area contributed by atoms with E-state index in [0.29, 0.717) is 12.4 Å². The lowest BCUT2D eigenvalue weighted by atomic mass is 10.3. The van der Waals surface area contributed by atoms with Crippen LogP contribution in [0.25, 0.3) is 21.4 Å². The third-order valence-electron chi connectivity index (χ3n) is 4.96. The Balaban J connectivity index is 1.14. The van der Waals surface area contributed by atoms with Crippen molar-refractivity contribution in [3.05, 3.63) is 71.3 Å². The van der Waals surface area contributed by atoms with Gasteiger partial charge in [0.15, 0.2) is 5.82 Å². The molecular formula is C22H21FN8S. The van der Waals surface area contributed by atoms with Gasteiger partial charge in [0.1, 0.15) is 28.3 Å². The Labute approximate surface area is 187 Å². The van der Waals surface area contributed by atoms with Crippen LogP contribution in [0.3, 0.4) is 0 Å². The summed E-state index contributed by atoms with van der Waals surface area (Å²) in [6.07, 6.45) is 4.37. The van der Waals surface area contributed by atoms with E-state index in [1.165, 1.54) is 18.6 Å². The number of hydrogen-bond donors (Lipinski definition) is 3. The van der Waals surface area contributed by atoms with Gasteiger partial charge in [0.25, 0.3) is 0 Å². The molecule has 1 aromatic carbocycles. The molecule has 10 heteroatoms. The van der Waals surface area contributed by atoms with E-state index in [1.807, 2.05) is 24.3 Å². The largest absolute Gasteiger partial charge is 0.362 e. The molecule has 162 valence electrons. The predicted molar refractivity (Wildman–Crippen MR) is 123 cm³/mol. The highest BCUT2D eigenvalue weighted by Gasteiger charge is 2.11. The van der Waals surface area contributed by atoms with E-state index in [0.717, 1.165) is 63.8 Å². The number of aromatic nitrogens is 6. The molecule has 0 saturated heterocycles. The van der Waals surface area contributed by atoms with Gasteiger partial charge in [0.05, 0.1) is 34.5 Å². The summed E-state index contributed by atoms with van der Waals surface area (Å²) >= 11 is 1.57. The molecule has 0 spiro atoms. The van der Waals surface area contributed by atoms with Crippen LogP contribution in [-0.4, -0.2) is 43.0 Å². The zero-order valence-electron chi connectivity index (χ0n) is 17.2. The SMILES string of the molecule is Fc1ccc(CNc2ncnc3sc(CCNCCc4nc5ccccc5[nH]4)nc23)nc1. The fraction of sp³-hybridized carbons (Fsp3) is 0.227. The molecule has 5 aromatic rings. The van der Waals surface area contributed by atoms with Crippen molar-refractivity contribution >= 4 is 38.5 Å². The minimum Gasteiger partial charge on any atom is -0.362 e. The van der Waals surface area contributed by atoms with Gasteiger partial charge in [-0.25, -0.2) is 24.3 Å². The molecule has 4 aromatic heterocycles. The maximum Gasteiger partial charge on any atom is 0.157 e. The van der Waals surface area contributed by atoms with Gasteiger partial charge in [0, 0.05) is 25.9 Å². The molecular weight excluding hydrogens is 427 g/mol. The highest BCUT2D eigenvalue weighted by Crippen LogP contribution is 2.25. The van der Waals surface area contributed by atoms with Crippen LogP contribution in [0.15, 0.2) is 48.9 Å². The number of H-pyrrole nitrogens is 1. The summed E-state index contributed by atoms with van der Waals surface area (Å²) in [5.74, 6) is 1.29. The maximum absolute atomic E-state index is 13.0. The number of nitrogens with zero attached hydrogens (tertiary/aromatic N) is 5. The van der Waals surface area contributed by atoms with Gasteiger partial charge in [-0.3, -0.25) is 4.98 Å². The molecule has 8 nitrogen and oxygen atoms in total. The van der Waals surface area contributed by atoms with E-state index >= 15 is 0 Å². The first kappa shape index (κ1) is 20.4. The fourth-order valence-electron chi connectivity index (χ4n) is 3.37. The smallest absolute Gasteiger partial charge is 0.157 e. The second kappa shape index (κ2) is 9.33. The van der Waals surface area contributed by atoms with Crippen LogP contribution < -0.4 is 10.6 Å². The van der Waals surface area contributed by atoms with Gasteiger partial charge in [-0.15, -0.1) is 0 Å². The van der Waals surface area contributed by atoms with Crippen LogP contribution >= 0.6 is 11.3 Å². The summed E-state index contributed by atoms with van der Waals surface area (Å²) in [5.41, 5.74) is 3.54. The van der Waals surface area contributed by atoms with Crippen molar-refractivity contribution in [3.63, 3.8) is 0 Å². The van der Waals surface area contributed by atoms with E-state index in [-0.39, 0.29) is 5.82 Å². The Morgan fingerprint density at radius 1 is 0.969 bits per heavy atom. The number of hydrogen-bond acceptors (Lipinski definition) is 8. The third-order valence-corrected chi connectivity index (χ3v) is 5.98. The quantitative estimate of drug-likeness (QED) is 0.297. The van der Waals surface area contributed by atoms with Crippen LogP contribution in [0.1, 0.15) is 16.5 Å². The summed E-state index contributed by atoms with van der Waals surface area (Å²) in [6.45, 7) is 2.08. The average molecular weight is 449 g/mol. The van der Waals surface area contributed by atoms with Gasteiger partial charge < -0.3 is 15.6 Å². The minimum atomic E-state index is -0.353.